The molecule has 0 radical (unpaired) electrons. The van der Waals surface area contributed by atoms with E-state index in [4.69, 9.17) is 5.73 Å². The number of nitrogens with one attached hydrogen (secondary N) is 2. The number of aliphatic hydroxyl groups excluding tert-OH is 1. The van der Waals surface area contributed by atoms with Gasteiger partial charge in [-0.3, -0.25) is 9.59 Å². The number of aryl methyl sites for hydroxylation is 1. The number of nitrogens with two attached hydrogens (primary N) is 1. The number of hydrazine groups is 1. The molecular formula is C21H30N4O3. The minimum Gasteiger partial charge on any atom is -0.393 e. The number of amides is 2. The minimum absolute atomic E-state index is 0.0877. The summed E-state index contributed by atoms with van der Waals surface area (Å²) in [6.45, 7) is 4.02. The molecule has 7 nitrogen and oxygen atoms in total. The van der Waals surface area contributed by atoms with Gasteiger partial charge in [0.1, 0.15) is 11.2 Å². The fourth-order valence-electron chi connectivity index (χ4n) is 4.51. The van der Waals surface area contributed by atoms with Gasteiger partial charge in [0.2, 0.25) is 5.91 Å². The highest BCUT2D eigenvalue weighted by Gasteiger charge is 2.54. The van der Waals surface area contributed by atoms with Crippen LogP contribution >= 0.6 is 0 Å². The van der Waals surface area contributed by atoms with Gasteiger partial charge in [-0.05, 0) is 57.1 Å². The molecular weight excluding hydrogens is 356 g/mol. The van der Waals surface area contributed by atoms with E-state index in [9.17, 15) is 14.7 Å². The Morgan fingerprint density at radius 1 is 1.32 bits per heavy atom. The van der Waals surface area contributed by atoms with Gasteiger partial charge < -0.3 is 21.6 Å². The molecule has 3 rings (SSSR count). The largest absolute Gasteiger partial charge is 0.393 e. The van der Waals surface area contributed by atoms with Crippen molar-refractivity contribution in [1.29, 1.82) is 0 Å². The molecule has 0 spiro atoms. The van der Waals surface area contributed by atoms with Crippen LogP contribution in [0, 0.1) is 12.8 Å². The SMILES string of the molecule is CNC(=O)C1=CC(C(N)=O)(C2CCC(O)CC2)N([C@@H](C)c2cccc(C)c2)N1. The number of carbonyl (C=O) groups excluding carboxylic acids is 2. The highest BCUT2D eigenvalue weighted by Crippen LogP contribution is 2.43. The number of benzene rings is 1. The molecule has 7 heteroatoms. The molecule has 28 heavy (non-hydrogen) atoms. The van der Waals surface area contributed by atoms with Gasteiger partial charge in [0.05, 0.1) is 12.1 Å². The van der Waals surface area contributed by atoms with E-state index in [1.807, 2.05) is 37.1 Å². The van der Waals surface area contributed by atoms with Gasteiger partial charge >= 0.3 is 0 Å². The summed E-state index contributed by atoms with van der Waals surface area (Å²) in [6.07, 6.45) is 3.91. The Morgan fingerprint density at radius 3 is 2.57 bits per heavy atom. The lowest BCUT2D eigenvalue weighted by Crippen LogP contribution is -2.62. The second-order valence-corrected chi connectivity index (χ2v) is 7.90. The third-order valence-corrected chi connectivity index (χ3v) is 6.10. The number of carbonyl (C=O) groups is 2. The predicted molar refractivity (Wildman–Crippen MR) is 107 cm³/mol. The van der Waals surface area contributed by atoms with Crippen molar-refractivity contribution in [3.05, 3.63) is 47.2 Å². The van der Waals surface area contributed by atoms with Crippen LogP contribution in [-0.2, 0) is 9.59 Å². The number of nitrogens with zero attached hydrogens (tertiary/aromatic N) is 1. The third kappa shape index (κ3) is 3.52. The molecule has 2 aliphatic rings. The van der Waals surface area contributed by atoms with Crippen LogP contribution in [0.2, 0.25) is 0 Å². The number of primary amides is 1. The zero-order valence-electron chi connectivity index (χ0n) is 16.7. The van der Waals surface area contributed by atoms with E-state index in [0.29, 0.717) is 31.4 Å². The van der Waals surface area contributed by atoms with E-state index < -0.39 is 11.4 Å². The molecule has 1 saturated carbocycles. The fraction of sp³-hybridized carbons (Fsp3) is 0.524. The van der Waals surface area contributed by atoms with Crippen molar-refractivity contribution in [2.45, 2.75) is 57.2 Å². The summed E-state index contributed by atoms with van der Waals surface area (Å²) in [4.78, 5) is 25.2. The van der Waals surface area contributed by atoms with E-state index in [1.165, 1.54) is 0 Å². The topological polar surface area (TPSA) is 108 Å². The molecule has 152 valence electrons. The van der Waals surface area contributed by atoms with Crippen LogP contribution < -0.4 is 16.5 Å². The molecule has 1 aliphatic carbocycles. The first kappa shape index (κ1) is 20.4. The summed E-state index contributed by atoms with van der Waals surface area (Å²) < 4.78 is 0. The molecule has 1 aliphatic heterocycles. The first-order chi connectivity index (χ1) is 13.3. The molecule has 1 aromatic carbocycles. The van der Waals surface area contributed by atoms with Crippen LogP contribution in [0.15, 0.2) is 36.0 Å². The number of aliphatic hydroxyl groups is 1. The average molecular weight is 386 g/mol. The summed E-state index contributed by atoms with van der Waals surface area (Å²) >= 11 is 0. The lowest BCUT2D eigenvalue weighted by molar-refractivity contribution is -0.135. The standard InChI is InChI=1S/C21H30N4O3/c1-13-5-4-6-15(11-13)14(2)25-21(20(22)28,12-18(24-25)19(27)23-3)16-7-9-17(26)10-8-16/h4-6,11-12,14,16-17,24,26H,7-10H2,1-3H3,(H2,22,28)(H,23,27)/t14-,16?,17?,21?/m0/s1. The molecule has 0 bridgehead atoms. The zero-order valence-corrected chi connectivity index (χ0v) is 16.7. The van der Waals surface area contributed by atoms with E-state index in [0.717, 1.165) is 11.1 Å². The maximum Gasteiger partial charge on any atom is 0.268 e. The average Bonchev–Trinajstić information content (AvgIpc) is 3.09. The second kappa shape index (κ2) is 7.93. The van der Waals surface area contributed by atoms with Crippen LogP contribution in [-0.4, -0.2) is 40.6 Å². The minimum atomic E-state index is -1.13. The monoisotopic (exact) mass is 386 g/mol. The fourth-order valence-corrected chi connectivity index (χ4v) is 4.51. The summed E-state index contributed by atoms with van der Waals surface area (Å²) in [5, 5.41) is 14.4. The zero-order chi connectivity index (χ0) is 20.5. The van der Waals surface area contributed by atoms with Gasteiger partial charge in [0, 0.05) is 7.05 Å². The number of likely N-dealkylation sites (N-methyl/N-ethyl adjacent to an activating group) is 1. The van der Waals surface area contributed by atoms with Crippen molar-refractivity contribution in [1.82, 2.24) is 15.8 Å². The molecule has 1 fully saturated rings. The molecule has 1 heterocycles. The van der Waals surface area contributed by atoms with Crippen molar-refractivity contribution < 1.29 is 14.7 Å². The summed E-state index contributed by atoms with van der Waals surface area (Å²) in [5.74, 6) is -0.865. The Labute approximate surface area is 165 Å². The third-order valence-electron chi connectivity index (χ3n) is 6.10. The Kier molecular flexibility index (Phi) is 5.76. The first-order valence-corrected chi connectivity index (χ1v) is 9.85. The maximum atomic E-state index is 12.9. The van der Waals surface area contributed by atoms with Gasteiger partial charge in [-0.25, -0.2) is 0 Å². The van der Waals surface area contributed by atoms with E-state index in [-0.39, 0.29) is 24.0 Å². The van der Waals surface area contributed by atoms with E-state index in [1.54, 1.807) is 13.1 Å². The van der Waals surface area contributed by atoms with E-state index in [2.05, 4.69) is 16.8 Å². The van der Waals surface area contributed by atoms with Gasteiger partial charge in [-0.2, -0.15) is 5.01 Å². The first-order valence-electron chi connectivity index (χ1n) is 9.85. The van der Waals surface area contributed by atoms with Crippen LogP contribution in [0.25, 0.3) is 0 Å². The smallest absolute Gasteiger partial charge is 0.268 e. The normalized spacial score (nSPS) is 28.9. The van der Waals surface area contributed by atoms with E-state index >= 15 is 0 Å². The molecule has 0 saturated heterocycles. The van der Waals surface area contributed by atoms with Crippen LogP contribution in [0.5, 0.6) is 0 Å². The molecule has 1 unspecified atom stereocenters. The Bertz CT molecular complexity index is 786. The lowest BCUT2D eigenvalue weighted by atomic mass is 9.72. The van der Waals surface area contributed by atoms with Crippen molar-refractivity contribution >= 4 is 11.8 Å². The van der Waals surface area contributed by atoms with Gasteiger partial charge in [0.25, 0.3) is 5.91 Å². The summed E-state index contributed by atoms with van der Waals surface area (Å²) in [7, 11) is 1.56. The van der Waals surface area contributed by atoms with Gasteiger partial charge in [-0.1, -0.05) is 29.8 Å². The molecule has 1 aromatic rings. The van der Waals surface area contributed by atoms with Crippen molar-refractivity contribution in [3.8, 4) is 0 Å². The highest BCUT2D eigenvalue weighted by atomic mass is 16.3. The Balaban J connectivity index is 2.05. The predicted octanol–water partition coefficient (Wildman–Crippen LogP) is 1.28. The van der Waals surface area contributed by atoms with Crippen molar-refractivity contribution in [2.75, 3.05) is 7.05 Å². The quantitative estimate of drug-likeness (QED) is 0.610. The molecule has 2 atom stereocenters. The molecule has 2 amide bonds. The van der Waals surface area contributed by atoms with Crippen LogP contribution in [0.4, 0.5) is 0 Å². The Morgan fingerprint density at radius 2 is 2.00 bits per heavy atom. The van der Waals surface area contributed by atoms with Gasteiger partial charge in [0.15, 0.2) is 0 Å². The number of hydrogen-bond donors (Lipinski definition) is 4. The van der Waals surface area contributed by atoms with Crippen LogP contribution in [0.1, 0.15) is 49.8 Å². The van der Waals surface area contributed by atoms with Crippen LogP contribution in [0.3, 0.4) is 0 Å². The Hall–Kier alpha value is -2.38. The van der Waals surface area contributed by atoms with Gasteiger partial charge in [-0.15, -0.1) is 0 Å². The number of rotatable bonds is 5. The second-order valence-electron chi connectivity index (χ2n) is 7.90. The molecule has 5 N–H and O–H groups in total. The summed E-state index contributed by atoms with van der Waals surface area (Å²) in [5.41, 5.74) is 10.5. The van der Waals surface area contributed by atoms with Crippen molar-refractivity contribution in [3.63, 3.8) is 0 Å². The molecule has 0 aromatic heterocycles. The number of hydrogen-bond acceptors (Lipinski definition) is 5. The highest BCUT2D eigenvalue weighted by molar-refractivity contribution is 5.97. The maximum absolute atomic E-state index is 12.9. The van der Waals surface area contributed by atoms with Crippen molar-refractivity contribution in [2.24, 2.45) is 11.7 Å². The lowest BCUT2D eigenvalue weighted by Gasteiger charge is -2.45. The summed E-state index contributed by atoms with van der Waals surface area (Å²) in [6, 6.07) is 7.88.